The first kappa shape index (κ1) is 12.9. The van der Waals surface area contributed by atoms with Gasteiger partial charge in [0, 0.05) is 26.8 Å². The predicted molar refractivity (Wildman–Crippen MR) is 60.9 cm³/mol. The Morgan fingerprint density at radius 2 is 2.07 bits per heavy atom. The molecule has 0 aromatic rings. The van der Waals surface area contributed by atoms with Crippen LogP contribution in [0.4, 0.5) is 0 Å². The minimum atomic E-state index is -0.156. The van der Waals surface area contributed by atoms with Gasteiger partial charge in [-0.15, -0.1) is 0 Å². The van der Waals surface area contributed by atoms with Gasteiger partial charge < -0.3 is 19.7 Å². The van der Waals surface area contributed by atoms with Crippen LogP contribution >= 0.6 is 0 Å². The Morgan fingerprint density at radius 3 is 2.53 bits per heavy atom. The zero-order chi connectivity index (χ0) is 11.3. The highest BCUT2D eigenvalue weighted by Gasteiger charge is 2.22. The van der Waals surface area contributed by atoms with Gasteiger partial charge in [-0.25, -0.2) is 0 Å². The van der Waals surface area contributed by atoms with E-state index >= 15 is 0 Å². The molecule has 0 aliphatic carbocycles. The van der Waals surface area contributed by atoms with E-state index in [-0.39, 0.29) is 12.3 Å². The third-order valence-corrected chi connectivity index (χ3v) is 3.22. The van der Waals surface area contributed by atoms with Gasteiger partial charge in [0.25, 0.3) is 0 Å². The van der Waals surface area contributed by atoms with Crippen LogP contribution in [0.25, 0.3) is 0 Å². The maximum Gasteiger partial charge on any atom is 0.171 e. The number of nitrogens with zero attached hydrogens (tertiary/aromatic N) is 1. The molecule has 1 heterocycles. The molecule has 1 aliphatic heterocycles. The first-order chi connectivity index (χ1) is 7.19. The van der Waals surface area contributed by atoms with Crippen molar-refractivity contribution >= 4 is 0 Å². The molecule has 0 radical (unpaired) electrons. The van der Waals surface area contributed by atoms with Crippen LogP contribution in [0.15, 0.2) is 0 Å². The minimum absolute atomic E-state index is 0.156. The van der Waals surface area contributed by atoms with Gasteiger partial charge in [-0.3, -0.25) is 0 Å². The quantitative estimate of drug-likeness (QED) is 0.662. The molecule has 0 spiro atoms. The SMILES string of the molecule is COC(OC)C(C)NCC1CCCN1C. The van der Waals surface area contributed by atoms with Gasteiger partial charge in [0.2, 0.25) is 0 Å². The van der Waals surface area contributed by atoms with Crippen molar-refractivity contribution < 1.29 is 9.47 Å². The topological polar surface area (TPSA) is 33.7 Å². The van der Waals surface area contributed by atoms with E-state index in [0.717, 1.165) is 6.54 Å². The van der Waals surface area contributed by atoms with E-state index in [0.29, 0.717) is 6.04 Å². The number of hydrogen-bond acceptors (Lipinski definition) is 4. The lowest BCUT2D eigenvalue weighted by Gasteiger charge is -2.26. The Balaban J connectivity index is 2.23. The van der Waals surface area contributed by atoms with Crippen molar-refractivity contribution in [2.75, 3.05) is 34.4 Å². The molecule has 1 saturated heterocycles. The maximum absolute atomic E-state index is 5.20. The van der Waals surface area contributed by atoms with Crippen molar-refractivity contribution in [1.82, 2.24) is 10.2 Å². The molecule has 0 aromatic heterocycles. The van der Waals surface area contributed by atoms with Crippen LogP contribution in [-0.4, -0.2) is 57.6 Å². The molecule has 0 aromatic carbocycles. The van der Waals surface area contributed by atoms with Gasteiger partial charge in [-0.05, 0) is 33.4 Å². The maximum atomic E-state index is 5.20. The average molecular weight is 216 g/mol. The number of ether oxygens (including phenoxy) is 2. The summed E-state index contributed by atoms with van der Waals surface area (Å²) in [6.45, 7) is 4.33. The second-order valence-corrected chi connectivity index (χ2v) is 4.31. The largest absolute Gasteiger partial charge is 0.354 e. The van der Waals surface area contributed by atoms with E-state index in [4.69, 9.17) is 9.47 Å². The summed E-state index contributed by atoms with van der Waals surface area (Å²) in [5, 5.41) is 3.47. The van der Waals surface area contributed by atoms with Crippen LogP contribution < -0.4 is 5.32 Å². The molecular weight excluding hydrogens is 192 g/mol. The number of hydrogen-bond donors (Lipinski definition) is 1. The van der Waals surface area contributed by atoms with Gasteiger partial charge in [0.05, 0.1) is 6.04 Å². The summed E-state index contributed by atoms with van der Waals surface area (Å²) in [6, 6.07) is 0.899. The Bertz CT molecular complexity index is 174. The second kappa shape index (κ2) is 6.43. The molecule has 4 heteroatoms. The van der Waals surface area contributed by atoms with Gasteiger partial charge in [0.15, 0.2) is 6.29 Å². The van der Waals surface area contributed by atoms with E-state index in [1.165, 1.54) is 19.4 Å². The molecule has 1 aliphatic rings. The summed E-state index contributed by atoms with van der Waals surface area (Å²) < 4.78 is 10.4. The van der Waals surface area contributed by atoms with Gasteiger partial charge in [-0.2, -0.15) is 0 Å². The van der Waals surface area contributed by atoms with Crippen molar-refractivity contribution in [3.63, 3.8) is 0 Å². The summed E-state index contributed by atoms with van der Waals surface area (Å²) in [5.74, 6) is 0. The van der Waals surface area contributed by atoms with Crippen LogP contribution in [0, 0.1) is 0 Å². The Labute approximate surface area is 92.9 Å². The van der Waals surface area contributed by atoms with Crippen molar-refractivity contribution in [3.8, 4) is 0 Å². The number of rotatable bonds is 6. The van der Waals surface area contributed by atoms with E-state index in [9.17, 15) is 0 Å². The summed E-state index contributed by atoms with van der Waals surface area (Å²) >= 11 is 0. The number of likely N-dealkylation sites (tertiary alicyclic amines) is 1. The zero-order valence-electron chi connectivity index (χ0n) is 10.3. The third-order valence-electron chi connectivity index (χ3n) is 3.22. The Morgan fingerprint density at radius 1 is 1.40 bits per heavy atom. The molecule has 2 atom stereocenters. The molecule has 1 N–H and O–H groups in total. The summed E-state index contributed by atoms with van der Waals surface area (Å²) in [4.78, 5) is 2.41. The molecule has 1 fully saturated rings. The fraction of sp³-hybridized carbons (Fsp3) is 1.00. The molecule has 15 heavy (non-hydrogen) atoms. The number of nitrogens with one attached hydrogen (secondary N) is 1. The standard InChI is InChI=1S/C11H24N2O2/c1-9(11(14-3)15-4)12-8-10-6-5-7-13(10)2/h9-12H,5-8H2,1-4H3. The smallest absolute Gasteiger partial charge is 0.171 e. The van der Waals surface area contributed by atoms with Crippen LogP contribution in [0.3, 0.4) is 0 Å². The van der Waals surface area contributed by atoms with Crippen LogP contribution in [0.1, 0.15) is 19.8 Å². The number of methoxy groups -OCH3 is 2. The van der Waals surface area contributed by atoms with Crippen molar-refractivity contribution in [2.24, 2.45) is 0 Å². The minimum Gasteiger partial charge on any atom is -0.354 e. The Kier molecular flexibility index (Phi) is 5.53. The van der Waals surface area contributed by atoms with Crippen molar-refractivity contribution in [1.29, 1.82) is 0 Å². The summed E-state index contributed by atoms with van der Waals surface area (Å²) in [6.07, 6.45) is 2.45. The van der Waals surface area contributed by atoms with Crippen LogP contribution in [-0.2, 0) is 9.47 Å². The molecule has 1 rings (SSSR count). The lowest BCUT2D eigenvalue weighted by molar-refractivity contribution is -0.119. The van der Waals surface area contributed by atoms with Crippen LogP contribution in [0.2, 0.25) is 0 Å². The van der Waals surface area contributed by atoms with Crippen molar-refractivity contribution in [2.45, 2.75) is 38.1 Å². The zero-order valence-corrected chi connectivity index (χ0v) is 10.3. The summed E-state index contributed by atoms with van der Waals surface area (Å²) in [5.41, 5.74) is 0. The lowest BCUT2D eigenvalue weighted by atomic mass is 10.2. The monoisotopic (exact) mass is 216 g/mol. The molecule has 0 amide bonds. The van der Waals surface area contributed by atoms with Gasteiger partial charge in [0.1, 0.15) is 0 Å². The predicted octanol–water partition coefficient (Wildman–Crippen LogP) is 0.678. The highest BCUT2D eigenvalue weighted by Crippen LogP contribution is 2.13. The molecule has 2 unspecified atom stereocenters. The van der Waals surface area contributed by atoms with Crippen molar-refractivity contribution in [3.05, 3.63) is 0 Å². The van der Waals surface area contributed by atoms with Crippen LogP contribution in [0.5, 0.6) is 0 Å². The first-order valence-electron chi connectivity index (χ1n) is 5.68. The third kappa shape index (κ3) is 3.72. The summed E-state index contributed by atoms with van der Waals surface area (Å²) in [7, 11) is 5.54. The second-order valence-electron chi connectivity index (χ2n) is 4.31. The lowest BCUT2D eigenvalue weighted by Crippen LogP contribution is -2.45. The highest BCUT2D eigenvalue weighted by atomic mass is 16.7. The highest BCUT2D eigenvalue weighted by molar-refractivity contribution is 4.79. The molecule has 0 saturated carbocycles. The van der Waals surface area contributed by atoms with E-state index in [2.05, 4.69) is 24.2 Å². The fourth-order valence-electron chi connectivity index (χ4n) is 2.16. The van der Waals surface area contributed by atoms with E-state index in [1.807, 2.05) is 0 Å². The average Bonchev–Trinajstić information content (AvgIpc) is 2.63. The molecule has 4 nitrogen and oxygen atoms in total. The fourth-order valence-corrected chi connectivity index (χ4v) is 2.16. The molecule has 0 bridgehead atoms. The van der Waals surface area contributed by atoms with E-state index < -0.39 is 0 Å². The molecular formula is C11H24N2O2. The van der Waals surface area contributed by atoms with E-state index in [1.54, 1.807) is 14.2 Å². The normalized spacial score (nSPS) is 25.0. The first-order valence-corrected chi connectivity index (χ1v) is 5.68. The molecule has 90 valence electrons. The van der Waals surface area contributed by atoms with Gasteiger partial charge >= 0.3 is 0 Å². The van der Waals surface area contributed by atoms with Gasteiger partial charge in [-0.1, -0.05) is 0 Å². The Hall–Kier alpha value is -0.160. The number of likely N-dealkylation sites (N-methyl/N-ethyl adjacent to an activating group) is 1.